The number of piperazine rings is 1. The van der Waals surface area contributed by atoms with Gasteiger partial charge in [0.05, 0.1) is 29.1 Å². The van der Waals surface area contributed by atoms with Gasteiger partial charge in [-0.25, -0.2) is 19.4 Å². The first kappa shape index (κ1) is 42.4. The van der Waals surface area contributed by atoms with Gasteiger partial charge in [-0.15, -0.1) is 0 Å². The number of aromatic hydroxyl groups is 3. The zero-order valence-electron chi connectivity index (χ0n) is 34.5. The molecule has 2 aliphatic rings. The van der Waals surface area contributed by atoms with Gasteiger partial charge in [0.25, 0.3) is 0 Å². The van der Waals surface area contributed by atoms with Crippen molar-refractivity contribution in [3.63, 3.8) is 0 Å². The maximum absolute atomic E-state index is 14.5. The lowest BCUT2D eigenvalue weighted by molar-refractivity contribution is -0.138. The van der Waals surface area contributed by atoms with Gasteiger partial charge in [-0.1, -0.05) is 37.3 Å². The topological polar surface area (TPSA) is 205 Å². The minimum Gasteiger partial charge on any atom is -0.508 e. The fourth-order valence-electron chi connectivity index (χ4n) is 8.22. The predicted octanol–water partition coefficient (Wildman–Crippen LogP) is 5.22. The van der Waals surface area contributed by atoms with Crippen LogP contribution in [0.3, 0.4) is 0 Å². The average molecular weight is 867 g/mol. The Labute approximate surface area is 358 Å². The second kappa shape index (κ2) is 17.2. The van der Waals surface area contributed by atoms with Crippen LogP contribution in [-0.2, 0) is 41.7 Å². The normalized spacial score (nSPS) is 14.2. The Bertz CT molecular complexity index is 2780. The number of alkyl halides is 3. The van der Waals surface area contributed by atoms with E-state index in [0.29, 0.717) is 57.7 Å². The number of anilines is 3. The Morgan fingerprint density at radius 2 is 1.67 bits per heavy atom. The summed E-state index contributed by atoms with van der Waals surface area (Å²) in [6, 6.07) is 17.0. The molecule has 0 unspecified atom stereocenters. The van der Waals surface area contributed by atoms with Gasteiger partial charge < -0.3 is 40.7 Å². The molecular weight excluding hydrogens is 822 g/mol. The lowest BCUT2D eigenvalue weighted by Crippen LogP contribution is -2.49. The van der Waals surface area contributed by atoms with E-state index in [1.54, 1.807) is 30.9 Å². The molecule has 2 aliphatic heterocycles. The second-order valence-corrected chi connectivity index (χ2v) is 15.5. The molecule has 1 saturated heterocycles. The van der Waals surface area contributed by atoms with Crippen LogP contribution < -0.4 is 26.1 Å². The van der Waals surface area contributed by atoms with Crippen molar-refractivity contribution in [2.45, 2.75) is 52.4 Å². The van der Waals surface area contributed by atoms with Gasteiger partial charge in [-0.2, -0.15) is 23.3 Å². The number of amides is 2. The molecule has 6 N–H and O–H groups in total. The Morgan fingerprint density at radius 1 is 0.889 bits per heavy atom. The molecule has 0 atom stereocenters. The van der Waals surface area contributed by atoms with Gasteiger partial charge in [0, 0.05) is 87.9 Å². The third kappa shape index (κ3) is 8.76. The summed E-state index contributed by atoms with van der Waals surface area (Å²) < 4.78 is 44.4. The molecule has 0 aliphatic carbocycles. The van der Waals surface area contributed by atoms with E-state index < -0.39 is 35.6 Å². The first-order valence-electron chi connectivity index (χ1n) is 20.5. The number of nitrogens with one attached hydrogen (secondary N) is 3. The fourth-order valence-corrected chi connectivity index (χ4v) is 8.22. The Hall–Kier alpha value is -7.31. The van der Waals surface area contributed by atoms with E-state index in [2.05, 4.69) is 30.6 Å². The van der Waals surface area contributed by atoms with Gasteiger partial charge in [-0.3, -0.25) is 9.59 Å². The van der Waals surface area contributed by atoms with E-state index in [-0.39, 0.29) is 59.0 Å². The molecule has 8 rings (SSSR count). The molecule has 4 heterocycles. The lowest BCUT2D eigenvalue weighted by Gasteiger charge is -2.38. The Balaban J connectivity index is 0.983. The molecule has 0 saturated carbocycles. The van der Waals surface area contributed by atoms with Crippen molar-refractivity contribution in [1.82, 2.24) is 34.9 Å². The van der Waals surface area contributed by atoms with Crippen LogP contribution >= 0.6 is 0 Å². The maximum Gasteiger partial charge on any atom is 0.416 e. The van der Waals surface area contributed by atoms with Crippen molar-refractivity contribution in [1.29, 1.82) is 0 Å². The van der Waals surface area contributed by atoms with Crippen LogP contribution in [0.25, 0.3) is 27.8 Å². The van der Waals surface area contributed by atoms with Crippen LogP contribution in [0.4, 0.5) is 30.6 Å². The van der Waals surface area contributed by atoms with Crippen LogP contribution in [-0.4, -0.2) is 96.0 Å². The molecule has 328 valence electrons. The molecule has 1 fully saturated rings. The summed E-state index contributed by atoms with van der Waals surface area (Å²) in [5, 5.41) is 45.0. The molecule has 19 heteroatoms. The van der Waals surface area contributed by atoms with E-state index in [4.69, 9.17) is 9.97 Å². The van der Waals surface area contributed by atoms with Crippen LogP contribution in [0.5, 0.6) is 17.2 Å². The number of hydrogen-bond donors (Lipinski definition) is 6. The van der Waals surface area contributed by atoms with E-state index in [1.165, 1.54) is 12.1 Å². The van der Waals surface area contributed by atoms with Gasteiger partial charge >= 0.3 is 11.9 Å². The highest BCUT2D eigenvalue weighted by atomic mass is 19.4. The fraction of sp³-hybridized carbons (Fsp3) is 0.318. The first-order chi connectivity index (χ1) is 30.2. The number of phenolic OH excluding ortho intramolecular Hbond substituents is 3. The summed E-state index contributed by atoms with van der Waals surface area (Å²) >= 11 is 0. The third-order valence-electron chi connectivity index (χ3n) is 11.5. The molecule has 0 radical (unpaired) electrons. The number of aryl methyl sites for hydroxylation is 1. The van der Waals surface area contributed by atoms with E-state index in [9.17, 15) is 42.9 Å². The molecular formula is C44H45F3N10O6. The smallest absolute Gasteiger partial charge is 0.416 e. The van der Waals surface area contributed by atoms with Crippen molar-refractivity contribution in [2.24, 2.45) is 0 Å². The van der Waals surface area contributed by atoms with Crippen molar-refractivity contribution in [3.05, 3.63) is 105 Å². The van der Waals surface area contributed by atoms with Crippen LogP contribution in [0.1, 0.15) is 48.2 Å². The van der Waals surface area contributed by atoms with Crippen molar-refractivity contribution < 1.29 is 38.1 Å². The number of carbonyl (C=O) groups excluding carboxylic acids is 2. The van der Waals surface area contributed by atoms with Crippen LogP contribution in [0.15, 0.2) is 71.5 Å². The largest absolute Gasteiger partial charge is 0.508 e. The highest BCUT2D eigenvalue weighted by Gasteiger charge is 2.35. The molecule has 2 aromatic heterocycles. The van der Waals surface area contributed by atoms with Crippen molar-refractivity contribution in [2.75, 3.05) is 54.4 Å². The summed E-state index contributed by atoms with van der Waals surface area (Å²) in [6.45, 7) is 6.14. The molecule has 0 spiro atoms. The zero-order chi connectivity index (χ0) is 44.6. The number of nitrogens with zero attached hydrogens (tertiary/aromatic N) is 7. The number of fused-ring (bicyclic) bond motifs is 2. The Kier molecular flexibility index (Phi) is 11.6. The van der Waals surface area contributed by atoms with Crippen molar-refractivity contribution >= 4 is 40.0 Å². The zero-order valence-corrected chi connectivity index (χ0v) is 34.5. The van der Waals surface area contributed by atoms with E-state index >= 15 is 0 Å². The van der Waals surface area contributed by atoms with Crippen LogP contribution in [0.2, 0.25) is 0 Å². The third-order valence-corrected chi connectivity index (χ3v) is 11.5. The molecule has 6 aromatic rings. The summed E-state index contributed by atoms with van der Waals surface area (Å²) in [7, 11) is 0. The summed E-state index contributed by atoms with van der Waals surface area (Å²) in [4.78, 5) is 53.9. The van der Waals surface area contributed by atoms with E-state index in [0.717, 1.165) is 56.3 Å². The van der Waals surface area contributed by atoms with Gasteiger partial charge in [0.1, 0.15) is 23.1 Å². The number of H-pyrrole nitrogens is 1. The molecule has 4 aromatic carbocycles. The number of hydrogen-bond acceptors (Lipinski definition) is 12. The average Bonchev–Trinajstić information content (AvgIpc) is 3.65. The predicted molar refractivity (Wildman–Crippen MR) is 229 cm³/mol. The maximum atomic E-state index is 14.5. The number of aromatic nitrogens is 5. The molecule has 16 nitrogen and oxygen atoms in total. The van der Waals surface area contributed by atoms with Crippen molar-refractivity contribution in [3.8, 4) is 34.3 Å². The molecule has 2 amide bonds. The second-order valence-electron chi connectivity index (χ2n) is 15.5. The summed E-state index contributed by atoms with van der Waals surface area (Å²) in [6.07, 6.45) is -4.01. The first-order valence-corrected chi connectivity index (χ1v) is 20.5. The number of rotatable bonds is 11. The van der Waals surface area contributed by atoms with E-state index in [1.807, 2.05) is 24.3 Å². The monoisotopic (exact) mass is 866 g/mol. The highest BCUT2D eigenvalue weighted by Crippen LogP contribution is 2.38. The Morgan fingerprint density at radius 3 is 2.41 bits per heavy atom. The summed E-state index contributed by atoms with van der Waals surface area (Å²) in [5.41, 5.74) is 0.662. The lowest BCUT2D eigenvalue weighted by atomic mass is 10.0. The standard InChI is InChI=1S/C44H45F3N10O6/c1-3-26-19-33(38(61)22-37(26)60)41-52-53-43(63)57(41)29-9-8-28(34(20-29)44(45,46)47)23-49-39(62)10-12-48-42-50-35-24-56(36-21-30(59)18-27-6-4-5-7-31(27)36)13-11-32(35)40(51-42)55-16-14-54(15-17-55)25(2)58/h4-9,18-22,59-61H,3,10-17,23-24H2,1-2H3,(H,49,62)(H,53,63)(H,48,50,51). The quantitative estimate of drug-likeness (QED) is 0.0993. The van der Waals surface area contributed by atoms with Crippen LogP contribution in [0, 0.1) is 0 Å². The van der Waals surface area contributed by atoms with Gasteiger partial charge in [-0.05, 0) is 53.6 Å². The number of carbonyl (C=O) groups is 2. The minimum absolute atomic E-state index is 0.000371. The molecule has 63 heavy (non-hydrogen) atoms. The van der Waals surface area contributed by atoms with Gasteiger partial charge in [0.2, 0.25) is 17.8 Å². The number of benzene rings is 4. The molecule has 0 bridgehead atoms. The SMILES string of the molecule is CCc1cc(-c2n[nH]c(=O)n2-c2ccc(CNC(=O)CCNc3nc4c(c(N5CCN(C(C)=O)CC5)n3)CCN(c3cc(O)cc5ccccc35)C4)c(C(F)(F)F)c2)c(O)cc1O. The minimum atomic E-state index is -4.87. The number of halogens is 3. The van der Waals surface area contributed by atoms with Gasteiger partial charge in [0.15, 0.2) is 5.82 Å². The summed E-state index contributed by atoms with van der Waals surface area (Å²) in [5.74, 6) is -0.173. The highest BCUT2D eigenvalue weighted by molar-refractivity contribution is 5.95. The number of phenols is 3. The number of aromatic amines is 1.